The van der Waals surface area contributed by atoms with Crippen LogP contribution in [0.4, 0.5) is 23.7 Å². The lowest BCUT2D eigenvalue weighted by Crippen LogP contribution is -2.48. The molecule has 1 N–H and O–H groups in total. The zero-order valence-electron chi connectivity index (χ0n) is 17.7. The van der Waals surface area contributed by atoms with Crippen LogP contribution < -0.4 is 10.1 Å². The van der Waals surface area contributed by atoms with Gasteiger partial charge in [0.2, 0.25) is 0 Å². The minimum Gasteiger partial charge on any atom is -0.444 e. The molecule has 6 nitrogen and oxygen atoms in total. The predicted octanol–water partition coefficient (Wildman–Crippen LogP) is 4.47. The number of anilines is 1. The van der Waals surface area contributed by atoms with Crippen LogP contribution in [0.5, 0.6) is 5.75 Å². The summed E-state index contributed by atoms with van der Waals surface area (Å²) >= 11 is 0. The van der Waals surface area contributed by atoms with Gasteiger partial charge in [-0.2, -0.15) is 0 Å². The fourth-order valence-corrected chi connectivity index (χ4v) is 4.02. The van der Waals surface area contributed by atoms with Crippen LogP contribution in [0.1, 0.15) is 40.0 Å². The van der Waals surface area contributed by atoms with Gasteiger partial charge >= 0.3 is 12.5 Å². The number of likely N-dealkylation sites (tertiary alicyclic amines) is 2. The Hall–Kier alpha value is -2.16. The average molecular weight is 429 g/mol. The van der Waals surface area contributed by atoms with E-state index in [2.05, 4.69) is 15.0 Å². The van der Waals surface area contributed by atoms with Crippen LogP contribution >= 0.6 is 0 Å². The van der Waals surface area contributed by atoms with Crippen molar-refractivity contribution in [3.8, 4) is 5.75 Å². The maximum Gasteiger partial charge on any atom is 0.573 e. The van der Waals surface area contributed by atoms with Crippen molar-refractivity contribution in [2.24, 2.45) is 0 Å². The summed E-state index contributed by atoms with van der Waals surface area (Å²) in [5.74, 6) is -0.274. The van der Waals surface area contributed by atoms with E-state index in [9.17, 15) is 18.0 Å². The molecule has 0 aromatic heterocycles. The fourth-order valence-electron chi connectivity index (χ4n) is 4.02. The van der Waals surface area contributed by atoms with Crippen molar-refractivity contribution in [3.05, 3.63) is 24.3 Å². The van der Waals surface area contributed by atoms with Gasteiger partial charge in [0, 0.05) is 30.9 Å². The Morgan fingerprint density at radius 2 is 1.80 bits per heavy atom. The number of nitrogens with zero attached hydrogens (tertiary/aromatic N) is 2. The molecule has 2 saturated heterocycles. The fraction of sp³-hybridized carbons (Fsp3) is 0.667. The highest BCUT2D eigenvalue weighted by molar-refractivity contribution is 5.69. The summed E-state index contributed by atoms with van der Waals surface area (Å²) in [6.45, 7) is 8.30. The Morgan fingerprint density at radius 3 is 2.43 bits per heavy atom. The van der Waals surface area contributed by atoms with Gasteiger partial charge in [-0.1, -0.05) is 12.5 Å². The number of nitrogens with one attached hydrogen (secondary N) is 1. The molecule has 0 spiro atoms. The molecule has 0 bridgehead atoms. The third-order valence-corrected chi connectivity index (χ3v) is 5.22. The molecule has 1 amide bonds. The SMILES string of the molecule is CC(C)(C)OC(=O)N1CC(Nc2cccc(OC(F)(F)F)c2)C(N2CCCCC2)C1. The summed E-state index contributed by atoms with van der Waals surface area (Å²) < 4.78 is 47.2. The summed E-state index contributed by atoms with van der Waals surface area (Å²) in [5.41, 5.74) is -0.0678. The Balaban J connectivity index is 1.74. The van der Waals surface area contributed by atoms with E-state index in [-0.39, 0.29) is 23.9 Å². The molecule has 168 valence electrons. The predicted molar refractivity (Wildman–Crippen MR) is 108 cm³/mol. The summed E-state index contributed by atoms with van der Waals surface area (Å²) in [6, 6.07) is 5.74. The first-order chi connectivity index (χ1) is 14.0. The van der Waals surface area contributed by atoms with Crippen molar-refractivity contribution in [2.75, 3.05) is 31.5 Å². The van der Waals surface area contributed by atoms with Gasteiger partial charge in [0.05, 0.1) is 6.04 Å². The molecule has 2 unspecified atom stereocenters. The van der Waals surface area contributed by atoms with Gasteiger partial charge in [0.15, 0.2) is 0 Å². The molecule has 0 aliphatic carbocycles. The average Bonchev–Trinajstić information content (AvgIpc) is 3.04. The zero-order chi connectivity index (χ0) is 21.9. The minimum absolute atomic E-state index is 0.0602. The number of amides is 1. The number of hydrogen-bond donors (Lipinski definition) is 1. The number of ether oxygens (including phenoxy) is 2. The molecular formula is C21H30F3N3O3. The quantitative estimate of drug-likeness (QED) is 0.765. The molecule has 2 fully saturated rings. The van der Waals surface area contributed by atoms with Crippen LogP contribution in [0.25, 0.3) is 0 Å². The number of hydrogen-bond acceptors (Lipinski definition) is 5. The number of halogens is 3. The normalized spacial score (nSPS) is 23.3. The highest BCUT2D eigenvalue weighted by Crippen LogP contribution is 2.28. The second kappa shape index (κ2) is 8.91. The van der Waals surface area contributed by atoms with E-state index >= 15 is 0 Å². The number of piperidine rings is 1. The van der Waals surface area contributed by atoms with Crippen LogP contribution in [-0.2, 0) is 4.74 Å². The molecule has 2 heterocycles. The third-order valence-electron chi connectivity index (χ3n) is 5.22. The summed E-state index contributed by atoms with van der Waals surface area (Å²) in [4.78, 5) is 16.7. The Morgan fingerprint density at radius 1 is 1.10 bits per heavy atom. The molecule has 2 aliphatic heterocycles. The van der Waals surface area contributed by atoms with Gasteiger partial charge in [-0.3, -0.25) is 4.90 Å². The summed E-state index contributed by atoms with van der Waals surface area (Å²) in [7, 11) is 0. The topological polar surface area (TPSA) is 54.0 Å². The van der Waals surface area contributed by atoms with E-state index in [1.807, 2.05) is 20.8 Å². The van der Waals surface area contributed by atoms with E-state index in [4.69, 9.17) is 4.74 Å². The molecule has 3 rings (SSSR count). The van der Waals surface area contributed by atoms with Crippen LogP contribution in [-0.4, -0.2) is 66.1 Å². The van der Waals surface area contributed by atoms with Crippen molar-refractivity contribution in [1.82, 2.24) is 9.80 Å². The standard InChI is InChI=1S/C21H30F3N3O3/c1-20(2,3)30-19(28)27-13-17(18(14-27)26-10-5-4-6-11-26)25-15-8-7-9-16(12-15)29-21(22,23)24/h7-9,12,17-18,25H,4-6,10-11,13-14H2,1-3H3. The lowest BCUT2D eigenvalue weighted by Gasteiger charge is -2.35. The Labute approximate surface area is 175 Å². The van der Waals surface area contributed by atoms with Gasteiger partial charge < -0.3 is 19.7 Å². The lowest BCUT2D eigenvalue weighted by atomic mass is 10.0. The minimum atomic E-state index is -4.74. The summed E-state index contributed by atoms with van der Waals surface area (Å²) in [6.07, 6.45) is -1.72. The maximum absolute atomic E-state index is 12.6. The molecule has 30 heavy (non-hydrogen) atoms. The highest BCUT2D eigenvalue weighted by atomic mass is 19.4. The van der Waals surface area contributed by atoms with Gasteiger partial charge in [0.1, 0.15) is 11.4 Å². The number of carbonyl (C=O) groups excluding carboxylic acids is 1. The van der Waals surface area contributed by atoms with Crippen molar-refractivity contribution < 1.29 is 27.4 Å². The monoisotopic (exact) mass is 429 g/mol. The van der Waals surface area contributed by atoms with Crippen molar-refractivity contribution in [1.29, 1.82) is 0 Å². The summed E-state index contributed by atoms with van der Waals surface area (Å²) in [5, 5.41) is 3.32. The first-order valence-electron chi connectivity index (χ1n) is 10.3. The van der Waals surface area contributed by atoms with Crippen molar-refractivity contribution in [2.45, 2.75) is 64.1 Å². The number of benzene rings is 1. The van der Waals surface area contributed by atoms with Crippen molar-refractivity contribution >= 4 is 11.8 Å². The van der Waals surface area contributed by atoms with Gasteiger partial charge in [0.25, 0.3) is 0 Å². The Bertz CT molecular complexity index is 730. The molecule has 1 aromatic rings. The zero-order valence-corrected chi connectivity index (χ0v) is 17.7. The third kappa shape index (κ3) is 6.42. The van der Waals surface area contributed by atoms with E-state index in [0.717, 1.165) is 25.9 Å². The van der Waals surface area contributed by atoms with E-state index in [1.54, 1.807) is 11.0 Å². The van der Waals surface area contributed by atoms with Gasteiger partial charge in [-0.15, -0.1) is 13.2 Å². The molecule has 0 radical (unpaired) electrons. The lowest BCUT2D eigenvalue weighted by molar-refractivity contribution is -0.274. The first kappa shape index (κ1) is 22.5. The molecule has 2 atom stereocenters. The number of carbonyl (C=O) groups is 1. The largest absolute Gasteiger partial charge is 0.573 e. The van der Waals surface area contributed by atoms with Crippen LogP contribution in [0.3, 0.4) is 0 Å². The van der Waals surface area contributed by atoms with Gasteiger partial charge in [-0.05, 0) is 58.8 Å². The molecule has 2 aliphatic rings. The number of alkyl halides is 3. The second-order valence-corrected chi connectivity index (χ2v) is 8.88. The number of rotatable bonds is 4. The molecule has 1 aromatic carbocycles. The highest BCUT2D eigenvalue weighted by Gasteiger charge is 2.40. The molecular weight excluding hydrogens is 399 g/mol. The van der Waals surface area contributed by atoms with E-state index in [1.165, 1.54) is 24.6 Å². The molecule has 9 heteroatoms. The van der Waals surface area contributed by atoms with E-state index < -0.39 is 12.0 Å². The van der Waals surface area contributed by atoms with E-state index in [0.29, 0.717) is 18.8 Å². The Kier molecular flexibility index (Phi) is 6.69. The molecule has 0 saturated carbocycles. The second-order valence-electron chi connectivity index (χ2n) is 8.88. The van der Waals surface area contributed by atoms with Crippen LogP contribution in [0.2, 0.25) is 0 Å². The maximum atomic E-state index is 12.6. The van der Waals surface area contributed by atoms with Crippen LogP contribution in [0.15, 0.2) is 24.3 Å². The first-order valence-corrected chi connectivity index (χ1v) is 10.3. The smallest absolute Gasteiger partial charge is 0.444 e. The van der Waals surface area contributed by atoms with Crippen molar-refractivity contribution in [3.63, 3.8) is 0 Å². The van der Waals surface area contributed by atoms with Gasteiger partial charge in [-0.25, -0.2) is 4.79 Å². The van der Waals surface area contributed by atoms with Crippen LogP contribution in [0, 0.1) is 0 Å².